The van der Waals surface area contributed by atoms with Gasteiger partial charge in [-0.05, 0) is 35.7 Å². The van der Waals surface area contributed by atoms with Crippen LogP contribution >= 0.6 is 11.3 Å². The van der Waals surface area contributed by atoms with Crippen molar-refractivity contribution in [2.75, 3.05) is 51.0 Å². The summed E-state index contributed by atoms with van der Waals surface area (Å²) in [5, 5.41) is 4.21. The summed E-state index contributed by atoms with van der Waals surface area (Å²) in [5.74, 6) is 1.52. The maximum absolute atomic E-state index is 13.0. The van der Waals surface area contributed by atoms with Crippen LogP contribution in [0.2, 0.25) is 0 Å². The van der Waals surface area contributed by atoms with E-state index in [1.807, 2.05) is 42.5 Å². The Morgan fingerprint density at radius 2 is 1.72 bits per heavy atom. The largest absolute Gasteiger partial charge is 0.486 e. The number of morpholine rings is 1. The number of nitrogens with one attached hydrogen (secondary N) is 1. The molecule has 0 bridgehead atoms. The third-order valence-electron chi connectivity index (χ3n) is 5.63. The molecule has 2 aromatic carbocycles. The zero-order valence-corrected chi connectivity index (χ0v) is 18.7. The number of ether oxygens (including phenoxy) is 3. The fraction of sp³-hybridized carbons (Fsp3) is 0.320. The van der Waals surface area contributed by atoms with E-state index in [1.165, 1.54) is 0 Å². The van der Waals surface area contributed by atoms with Gasteiger partial charge >= 0.3 is 0 Å². The molecule has 0 unspecified atom stereocenters. The average molecular weight is 451 g/mol. The van der Waals surface area contributed by atoms with Crippen molar-refractivity contribution in [3.63, 3.8) is 0 Å². The summed E-state index contributed by atoms with van der Waals surface area (Å²) in [6.45, 7) is 4.81. The zero-order chi connectivity index (χ0) is 21.8. The van der Waals surface area contributed by atoms with Crippen LogP contribution in [0.15, 0.2) is 54.6 Å². The molecule has 6 nitrogen and oxygen atoms in total. The molecule has 1 fully saturated rings. The maximum Gasteiger partial charge on any atom is 0.261 e. The van der Waals surface area contributed by atoms with Crippen molar-refractivity contribution in [2.45, 2.75) is 6.42 Å². The summed E-state index contributed by atoms with van der Waals surface area (Å²) in [6.07, 6.45) is 0.732. The van der Waals surface area contributed by atoms with Crippen LogP contribution in [0.5, 0.6) is 11.5 Å². The number of anilines is 1. The molecule has 2 aliphatic rings. The number of hydrogen-bond donors (Lipinski definition) is 1. The van der Waals surface area contributed by atoms with Gasteiger partial charge < -0.3 is 24.4 Å². The number of rotatable bonds is 6. The molecule has 0 saturated carbocycles. The molecule has 3 aromatic rings. The van der Waals surface area contributed by atoms with Gasteiger partial charge in [-0.1, -0.05) is 36.4 Å². The van der Waals surface area contributed by atoms with Crippen molar-refractivity contribution < 1.29 is 19.0 Å². The molecule has 166 valence electrons. The Labute approximate surface area is 191 Å². The standard InChI is InChI=1S/C25H26N2O4S/c28-24(26-9-8-18-6-7-21-22(16-18)31-15-14-30-21)23-17-20(19-4-2-1-3-5-19)25(32-23)27-10-12-29-13-11-27/h1-7,16-17H,8-15H2,(H,26,28). The highest BCUT2D eigenvalue weighted by molar-refractivity contribution is 7.18. The van der Waals surface area contributed by atoms with E-state index in [4.69, 9.17) is 14.2 Å². The number of carbonyl (C=O) groups is 1. The molecule has 3 heterocycles. The van der Waals surface area contributed by atoms with Gasteiger partial charge in [0, 0.05) is 25.2 Å². The molecule has 2 aliphatic heterocycles. The van der Waals surface area contributed by atoms with Crippen LogP contribution in [-0.4, -0.2) is 52.0 Å². The normalized spacial score (nSPS) is 15.4. The topological polar surface area (TPSA) is 60.0 Å². The predicted octanol–water partition coefficient (Wildman–Crippen LogP) is 4.00. The molecule has 0 radical (unpaired) electrons. The molecular formula is C25H26N2O4S. The van der Waals surface area contributed by atoms with E-state index in [-0.39, 0.29) is 5.91 Å². The highest BCUT2D eigenvalue weighted by Gasteiger charge is 2.22. The third-order valence-corrected chi connectivity index (χ3v) is 6.82. The Hall–Kier alpha value is -3.03. The minimum atomic E-state index is -0.0377. The maximum atomic E-state index is 13.0. The zero-order valence-electron chi connectivity index (χ0n) is 17.8. The van der Waals surface area contributed by atoms with Crippen LogP contribution in [0.4, 0.5) is 5.00 Å². The van der Waals surface area contributed by atoms with E-state index < -0.39 is 0 Å². The number of hydrogen-bond acceptors (Lipinski definition) is 6. The fourth-order valence-electron chi connectivity index (χ4n) is 3.97. The lowest BCUT2D eigenvalue weighted by Crippen LogP contribution is -2.35. The van der Waals surface area contributed by atoms with Gasteiger partial charge in [0.2, 0.25) is 0 Å². The SMILES string of the molecule is O=C(NCCc1ccc2c(c1)OCCO2)c1cc(-c2ccccc2)c(N2CCOCC2)s1. The molecule has 0 aliphatic carbocycles. The van der Waals surface area contributed by atoms with Crippen molar-refractivity contribution in [2.24, 2.45) is 0 Å². The van der Waals surface area contributed by atoms with Crippen LogP contribution in [0.25, 0.3) is 11.1 Å². The summed E-state index contributed by atoms with van der Waals surface area (Å²) < 4.78 is 16.7. The van der Waals surface area contributed by atoms with Crippen LogP contribution in [-0.2, 0) is 11.2 Å². The monoisotopic (exact) mass is 450 g/mol. The lowest BCUT2D eigenvalue weighted by Gasteiger charge is -2.28. The molecule has 1 N–H and O–H groups in total. The highest BCUT2D eigenvalue weighted by Crippen LogP contribution is 2.39. The van der Waals surface area contributed by atoms with Gasteiger partial charge in [0.25, 0.3) is 5.91 Å². The summed E-state index contributed by atoms with van der Waals surface area (Å²) in [5.41, 5.74) is 3.34. The summed E-state index contributed by atoms with van der Waals surface area (Å²) >= 11 is 1.56. The molecule has 5 rings (SSSR count). The molecule has 1 amide bonds. The smallest absolute Gasteiger partial charge is 0.261 e. The first-order valence-corrected chi connectivity index (χ1v) is 11.8. The van der Waals surface area contributed by atoms with Crippen molar-refractivity contribution >= 4 is 22.2 Å². The Morgan fingerprint density at radius 3 is 2.53 bits per heavy atom. The van der Waals surface area contributed by atoms with Gasteiger partial charge in [-0.3, -0.25) is 4.79 Å². The second-order valence-corrected chi connectivity index (χ2v) is 8.81. The van der Waals surface area contributed by atoms with Gasteiger partial charge in [0.1, 0.15) is 13.2 Å². The van der Waals surface area contributed by atoms with Gasteiger partial charge in [-0.25, -0.2) is 0 Å². The Balaban J connectivity index is 1.28. The number of nitrogens with zero attached hydrogens (tertiary/aromatic N) is 1. The second-order valence-electron chi connectivity index (χ2n) is 7.78. The molecule has 0 spiro atoms. The molecule has 32 heavy (non-hydrogen) atoms. The first kappa shape index (κ1) is 20.8. The van der Waals surface area contributed by atoms with Gasteiger partial charge in [-0.15, -0.1) is 11.3 Å². The van der Waals surface area contributed by atoms with E-state index in [1.54, 1.807) is 11.3 Å². The average Bonchev–Trinajstić information content (AvgIpc) is 3.31. The lowest BCUT2D eigenvalue weighted by atomic mass is 10.1. The van der Waals surface area contributed by atoms with Crippen LogP contribution in [0, 0.1) is 0 Å². The first-order chi connectivity index (χ1) is 15.8. The fourth-order valence-corrected chi connectivity index (χ4v) is 5.12. The predicted molar refractivity (Wildman–Crippen MR) is 126 cm³/mol. The lowest BCUT2D eigenvalue weighted by molar-refractivity contribution is 0.0958. The van der Waals surface area contributed by atoms with Gasteiger partial charge in [0.05, 0.1) is 23.1 Å². The number of benzene rings is 2. The minimum absolute atomic E-state index is 0.0377. The molecular weight excluding hydrogens is 424 g/mol. The van der Waals surface area contributed by atoms with Crippen molar-refractivity contribution in [1.29, 1.82) is 0 Å². The first-order valence-electron chi connectivity index (χ1n) is 11.0. The Kier molecular flexibility index (Phi) is 6.27. The Morgan fingerprint density at radius 1 is 0.938 bits per heavy atom. The molecule has 1 saturated heterocycles. The third kappa shape index (κ3) is 4.59. The van der Waals surface area contributed by atoms with E-state index >= 15 is 0 Å². The van der Waals surface area contributed by atoms with E-state index in [9.17, 15) is 4.79 Å². The summed E-state index contributed by atoms with van der Waals surface area (Å²) in [6, 6.07) is 18.2. The van der Waals surface area contributed by atoms with Crippen molar-refractivity contribution in [3.8, 4) is 22.6 Å². The summed E-state index contributed by atoms with van der Waals surface area (Å²) in [7, 11) is 0. The molecule has 7 heteroatoms. The Bertz CT molecular complexity index is 1080. The van der Waals surface area contributed by atoms with Gasteiger partial charge in [-0.2, -0.15) is 0 Å². The second kappa shape index (κ2) is 9.63. The van der Waals surface area contributed by atoms with Crippen LogP contribution in [0.1, 0.15) is 15.2 Å². The molecule has 1 aromatic heterocycles. The van der Waals surface area contributed by atoms with E-state index in [0.717, 1.165) is 57.6 Å². The van der Waals surface area contributed by atoms with E-state index in [2.05, 4.69) is 22.3 Å². The van der Waals surface area contributed by atoms with Crippen LogP contribution < -0.4 is 19.7 Å². The van der Waals surface area contributed by atoms with Crippen molar-refractivity contribution in [1.82, 2.24) is 5.32 Å². The molecule has 0 atom stereocenters. The number of thiophene rings is 1. The van der Waals surface area contributed by atoms with Crippen molar-refractivity contribution in [3.05, 3.63) is 65.0 Å². The number of carbonyl (C=O) groups excluding carboxylic acids is 1. The van der Waals surface area contributed by atoms with Gasteiger partial charge in [0.15, 0.2) is 11.5 Å². The van der Waals surface area contributed by atoms with E-state index in [0.29, 0.717) is 33.0 Å². The quantitative estimate of drug-likeness (QED) is 0.615. The summed E-state index contributed by atoms with van der Waals surface area (Å²) in [4.78, 5) is 16.0. The number of fused-ring (bicyclic) bond motifs is 1. The minimum Gasteiger partial charge on any atom is -0.486 e. The highest BCUT2D eigenvalue weighted by atomic mass is 32.1. The number of amides is 1. The van der Waals surface area contributed by atoms with Crippen LogP contribution in [0.3, 0.4) is 0 Å².